The lowest BCUT2D eigenvalue weighted by atomic mass is 10.0. The van der Waals surface area contributed by atoms with Gasteiger partial charge in [0.15, 0.2) is 5.82 Å². The van der Waals surface area contributed by atoms with Gasteiger partial charge in [0.05, 0.1) is 23.5 Å². The van der Waals surface area contributed by atoms with Crippen molar-refractivity contribution in [1.82, 2.24) is 14.9 Å². The van der Waals surface area contributed by atoms with Gasteiger partial charge in [0.25, 0.3) is 0 Å². The molecule has 4 nitrogen and oxygen atoms in total. The van der Waals surface area contributed by atoms with Gasteiger partial charge in [-0.05, 0) is 40.6 Å². The van der Waals surface area contributed by atoms with Gasteiger partial charge in [-0.1, -0.05) is 84.9 Å². The van der Waals surface area contributed by atoms with Gasteiger partial charge in [0.2, 0.25) is 0 Å². The molecular formula is C31H22N4. The maximum absolute atomic E-state index is 5.07. The zero-order valence-corrected chi connectivity index (χ0v) is 19.0. The number of aromatic nitrogens is 2. The number of aliphatic imine (C=N–C) groups is 1. The fourth-order valence-electron chi connectivity index (χ4n) is 4.90. The normalized spacial score (nSPS) is 16.6. The lowest BCUT2D eigenvalue weighted by molar-refractivity contribution is 0.393. The summed E-state index contributed by atoms with van der Waals surface area (Å²) in [5.41, 5.74) is 6.25. The van der Waals surface area contributed by atoms with Crippen LogP contribution in [0, 0.1) is 0 Å². The first-order valence-electron chi connectivity index (χ1n) is 11.9. The largest absolute Gasteiger partial charge is 0.347 e. The molecule has 4 heteroatoms. The predicted molar refractivity (Wildman–Crippen MR) is 143 cm³/mol. The molecule has 3 heterocycles. The first-order chi connectivity index (χ1) is 17.3. The van der Waals surface area contributed by atoms with Crippen molar-refractivity contribution in [2.75, 3.05) is 6.54 Å². The monoisotopic (exact) mass is 450 g/mol. The van der Waals surface area contributed by atoms with Gasteiger partial charge < -0.3 is 4.90 Å². The molecule has 0 radical (unpaired) electrons. The molecule has 0 N–H and O–H groups in total. The highest BCUT2D eigenvalue weighted by molar-refractivity contribution is 6.04. The summed E-state index contributed by atoms with van der Waals surface area (Å²) in [5, 5.41) is 3.45. The average Bonchev–Trinajstić information content (AvgIpc) is 3.37. The highest BCUT2D eigenvalue weighted by atomic mass is 15.3. The molecule has 4 aromatic carbocycles. The Morgan fingerprint density at radius 3 is 2.34 bits per heavy atom. The van der Waals surface area contributed by atoms with Gasteiger partial charge in [-0.25, -0.2) is 9.97 Å². The molecular weight excluding hydrogens is 428 g/mol. The molecule has 7 rings (SSSR count). The summed E-state index contributed by atoms with van der Waals surface area (Å²) in [6.45, 7) is 0.827. The molecule has 0 aliphatic carbocycles. The van der Waals surface area contributed by atoms with Gasteiger partial charge in [-0.2, -0.15) is 0 Å². The van der Waals surface area contributed by atoms with Crippen LogP contribution >= 0.6 is 0 Å². The summed E-state index contributed by atoms with van der Waals surface area (Å²) in [7, 11) is 0. The molecule has 0 bridgehead atoms. The Morgan fingerprint density at radius 1 is 0.686 bits per heavy atom. The third-order valence-electron chi connectivity index (χ3n) is 6.73. The Bertz CT molecular complexity index is 1680. The Hall–Kier alpha value is -4.57. The van der Waals surface area contributed by atoms with E-state index in [4.69, 9.17) is 15.0 Å². The third kappa shape index (κ3) is 3.51. The quantitative estimate of drug-likeness (QED) is 0.310. The summed E-state index contributed by atoms with van der Waals surface area (Å²) in [5.74, 6) is 0.740. The van der Waals surface area contributed by atoms with E-state index in [2.05, 4.69) is 108 Å². The van der Waals surface area contributed by atoms with Crippen molar-refractivity contribution in [3.05, 3.63) is 121 Å². The summed E-state index contributed by atoms with van der Waals surface area (Å²) in [6, 6.07) is 31.6. The highest BCUT2D eigenvalue weighted by Crippen LogP contribution is 2.31. The number of nitrogens with zero attached hydrogens (tertiary/aromatic N) is 4. The van der Waals surface area contributed by atoms with Crippen LogP contribution in [0.5, 0.6) is 0 Å². The molecule has 0 spiro atoms. The summed E-state index contributed by atoms with van der Waals surface area (Å²) in [4.78, 5) is 17.1. The smallest absolute Gasteiger partial charge is 0.160 e. The second-order valence-corrected chi connectivity index (χ2v) is 8.94. The van der Waals surface area contributed by atoms with E-state index in [0.717, 1.165) is 51.4 Å². The molecule has 2 aliphatic rings. The maximum Gasteiger partial charge on any atom is 0.160 e. The van der Waals surface area contributed by atoms with E-state index >= 15 is 0 Å². The molecule has 1 atom stereocenters. The van der Waals surface area contributed by atoms with Gasteiger partial charge in [0, 0.05) is 22.7 Å². The van der Waals surface area contributed by atoms with Crippen LogP contribution in [0.3, 0.4) is 0 Å². The number of hydrogen-bond acceptors (Lipinski definition) is 4. The molecule has 35 heavy (non-hydrogen) atoms. The van der Waals surface area contributed by atoms with Crippen LogP contribution in [0.25, 0.3) is 44.3 Å². The van der Waals surface area contributed by atoms with E-state index in [0.29, 0.717) is 0 Å². The zero-order chi connectivity index (χ0) is 23.2. The van der Waals surface area contributed by atoms with Crippen LogP contribution < -0.4 is 0 Å². The van der Waals surface area contributed by atoms with Crippen molar-refractivity contribution in [2.45, 2.75) is 6.17 Å². The summed E-state index contributed by atoms with van der Waals surface area (Å²) < 4.78 is 0. The van der Waals surface area contributed by atoms with Crippen LogP contribution in [0.1, 0.15) is 5.56 Å². The topological polar surface area (TPSA) is 41.4 Å². The first-order valence-corrected chi connectivity index (χ1v) is 11.9. The molecule has 0 saturated carbocycles. The van der Waals surface area contributed by atoms with E-state index in [9.17, 15) is 0 Å². The van der Waals surface area contributed by atoms with Crippen molar-refractivity contribution in [2.24, 2.45) is 4.99 Å². The van der Waals surface area contributed by atoms with E-state index in [-0.39, 0.29) is 6.17 Å². The van der Waals surface area contributed by atoms with Gasteiger partial charge in [-0.3, -0.25) is 4.99 Å². The number of rotatable bonds is 3. The fourth-order valence-corrected chi connectivity index (χ4v) is 4.90. The zero-order valence-electron chi connectivity index (χ0n) is 19.0. The molecule has 2 aliphatic heterocycles. The van der Waals surface area contributed by atoms with E-state index in [1.54, 1.807) is 0 Å². The SMILES string of the molecule is C1=CC2N=C(c3ccc(-c4nc(-c5ccc6ccccc6c5)nc5ccccc45)cc3)CN2C=C1. The number of hydrogen-bond donors (Lipinski definition) is 0. The second-order valence-electron chi connectivity index (χ2n) is 8.94. The Morgan fingerprint density at radius 2 is 1.46 bits per heavy atom. The van der Waals surface area contributed by atoms with Crippen LogP contribution in [-0.4, -0.2) is 33.3 Å². The minimum Gasteiger partial charge on any atom is -0.347 e. The fraction of sp³-hybridized carbons (Fsp3) is 0.0645. The number of para-hydroxylation sites is 1. The van der Waals surface area contributed by atoms with Crippen LogP contribution in [-0.2, 0) is 0 Å². The lowest BCUT2D eigenvalue weighted by Gasteiger charge is -2.19. The minimum absolute atomic E-state index is 0.116. The van der Waals surface area contributed by atoms with Gasteiger partial charge >= 0.3 is 0 Å². The summed E-state index contributed by atoms with van der Waals surface area (Å²) in [6.07, 6.45) is 8.47. The number of allylic oxidation sites excluding steroid dienone is 2. The van der Waals surface area contributed by atoms with E-state index in [1.807, 2.05) is 12.1 Å². The van der Waals surface area contributed by atoms with E-state index in [1.165, 1.54) is 10.8 Å². The second kappa shape index (κ2) is 8.03. The van der Waals surface area contributed by atoms with Crippen LogP contribution in [0.4, 0.5) is 0 Å². The van der Waals surface area contributed by atoms with Gasteiger partial charge in [-0.15, -0.1) is 0 Å². The standard InChI is InChI=1S/C31H22N4/c1-2-8-24-19-25(17-12-21(24)7-1)31-33-27-10-4-3-9-26(27)30(34-31)23-15-13-22(14-16-23)28-20-35-18-6-5-11-29(35)32-28/h1-19,29H,20H2. The molecule has 0 fully saturated rings. The average molecular weight is 451 g/mol. The molecule has 0 saturated heterocycles. The van der Waals surface area contributed by atoms with Gasteiger partial charge in [0.1, 0.15) is 6.17 Å². The highest BCUT2D eigenvalue weighted by Gasteiger charge is 2.23. The number of benzene rings is 4. The van der Waals surface area contributed by atoms with E-state index < -0.39 is 0 Å². The Balaban J connectivity index is 1.30. The Labute approximate surface area is 203 Å². The van der Waals surface area contributed by atoms with Crippen LogP contribution in [0.15, 0.2) is 120 Å². The predicted octanol–water partition coefficient (Wildman–Crippen LogP) is 6.63. The van der Waals surface area contributed by atoms with Crippen molar-refractivity contribution >= 4 is 27.4 Å². The molecule has 5 aromatic rings. The number of fused-ring (bicyclic) bond motifs is 3. The molecule has 0 amide bonds. The van der Waals surface area contributed by atoms with Crippen molar-refractivity contribution in [3.63, 3.8) is 0 Å². The maximum atomic E-state index is 5.07. The van der Waals surface area contributed by atoms with Crippen molar-refractivity contribution in [1.29, 1.82) is 0 Å². The lowest BCUT2D eigenvalue weighted by Crippen LogP contribution is -2.25. The molecule has 1 unspecified atom stereocenters. The van der Waals surface area contributed by atoms with Crippen molar-refractivity contribution in [3.8, 4) is 22.6 Å². The van der Waals surface area contributed by atoms with Crippen LogP contribution in [0.2, 0.25) is 0 Å². The Kier molecular flexibility index (Phi) is 4.56. The summed E-state index contributed by atoms with van der Waals surface area (Å²) >= 11 is 0. The minimum atomic E-state index is 0.116. The third-order valence-corrected chi connectivity index (χ3v) is 6.73. The molecule has 166 valence electrons. The first kappa shape index (κ1) is 19.9. The van der Waals surface area contributed by atoms with Crippen molar-refractivity contribution < 1.29 is 0 Å². The molecule has 1 aromatic heterocycles.